The summed E-state index contributed by atoms with van der Waals surface area (Å²) in [5.74, 6) is 4.53. The maximum atomic E-state index is 3.68. The summed E-state index contributed by atoms with van der Waals surface area (Å²) in [7, 11) is 0. The van der Waals surface area contributed by atoms with E-state index in [0.717, 1.165) is 29.6 Å². The van der Waals surface area contributed by atoms with Crippen molar-refractivity contribution >= 4 is 0 Å². The molecule has 1 nitrogen and oxygen atoms in total. The van der Waals surface area contributed by atoms with Crippen LogP contribution in [0.25, 0.3) is 0 Å². The lowest BCUT2D eigenvalue weighted by Crippen LogP contribution is -2.36. The Morgan fingerprint density at radius 3 is 2.47 bits per heavy atom. The first-order valence-corrected chi connectivity index (χ1v) is 7.75. The molecule has 1 heteroatoms. The van der Waals surface area contributed by atoms with E-state index in [9.17, 15) is 0 Å². The normalized spacial score (nSPS) is 31.8. The van der Waals surface area contributed by atoms with E-state index in [1.165, 1.54) is 38.8 Å². The molecule has 0 aromatic carbocycles. The molecular formula is C16H33N. The van der Waals surface area contributed by atoms with Crippen molar-refractivity contribution < 1.29 is 0 Å². The molecule has 0 amide bonds. The van der Waals surface area contributed by atoms with Gasteiger partial charge in [-0.15, -0.1) is 0 Å². The van der Waals surface area contributed by atoms with Crippen LogP contribution in [0.5, 0.6) is 0 Å². The number of hydrogen-bond donors (Lipinski definition) is 1. The van der Waals surface area contributed by atoms with Gasteiger partial charge < -0.3 is 5.32 Å². The highest BCUT2D eigenvalue weighted by molar-refractivity contribution is 4.82. The molecule has 4 atom stereocenters. The summed E-state index contributed by atoms with van der Waals surface area (Å²) in [6.45, 7) is 14.3. The highest BCUT2D eigenvalue weighted by Crippen LogP contribution is 2.38. The van der Waals surface area contributed by atoms with E-state index in [2.05, 4.69) is 39.9 Å². The molecule has 0 spiro atoms. The van der Waals surface area contributed by atoms with E-state index in [1.54, 1.807) is 0 Å². The molecule has 1 saturated carbocycles. The van der Waals surface area contributed by atoms with Crippen molar-refractivity contribution in [2.75, 3.05) is 13.1 Å². The lowest BCUT2D eigenvalue weighted by molar-refractivity contribution is 0.129. The number of hydrogen-bond acceptors (Lipinski definition) is 1. The van der Waals surface area contributed by atoms with E-state index in [1.807, 2.05) is 0 Å². The van der Waals surface area contributed by atoms with Gasteiger partial charge in [0, 0.05) is 0 Å². The first-order chi connectivity index (χ1) is 8.04. The van der Waals surface area contributed by atoms with Crippen molar-refractivity contribution in [3.8, 4) is 0 Å². The Labute approximate surface area is 109 Å². The Morgan fingerprint density at radius 1 is 1.18 bits per heavy atom. The van der Waals surface area contributed by atoms with Crippen LogP contribution in [0.1, 0.15) is 60.3 Å². The topological polar surface area (TPSA) is 12.0 Å². The zero-order valence-electron chi connectivity index (χ0n) is 12.6. The lowest BCUT2D eigenvalue weighted by atomic mass is 9.69. The lowest BCUT2D eigenvalue weighted by Gasteiger charge is -2.38. The molecule has 1 N–H and O–H groups in total. The van der Waals surface area contributed by atoms with E-state index in [4.69, 9.17) is 0 Å². The Morgan fingerprint density at radius 2 is 1.88 bits per heavy atom. The van der Waals surface area contributed by atoms with Gasteiger partial charge in [-0.3, -0.25) is 0 Å². The monoisotopic (exact) mass is 239 g/mol. The summed E-state index contributed by atoms with van der Waals surface area (Å²) in [6.07, 6.45) is 5.70. The predicted octanol–water partition coefficient (Wildman–Crippen LogP) is 4.33. The molecule has 4 unspecified atom stereocenters. The zero-order valence-corrected chi connectivity index (χ0v) is 12.6. The minimum Gasteiger partial charge on any atom is -0.316 e. The van der Waals surface area contributed by atoms with Crippen molar-refractivity contribution in [3.63, 3.8) is 0 Å². The van der Waals surface area contributed by atoms with Crippen LogP contribution in [-0.4, -0.2) is 13.1 Å². The Bertz CT molecular complexity index is 200. The smallest absolute Gasteiger partial charge is 0.00177 e. The van der Waals surface area contributed by atoms with Crippen molar-refractivity contribution in [1.82, 2.24) is 5.32 Å². The summed E-state index contributed by atoms with van der Waals surface area (Å²) >= 11 is 0. The van der Waals surface area contributed by atoms with E-state index in [-0.39, 0.29) is 0 Å². The Kier molecular flexibility index (Phi) is 6.54. The molecule has 1 aliphatic carbocycles. The summed E-state index contributed by atoms with van der Waals surface area (Å²) in [4.78, 5) is 0. The second-order valence-corrected chi connectivity index (χ2v) is 6.78. The van der Waals surface area contributed by atoms with Gasteiger partial charge in [-0.1, -0.05) is 47.5 Å². The fourth-order valence-electron chi connectivity index (χ4n) is 3.30. The molecule has 0 aromatic rings. The molecule has 0 radical (unpaired) electrons. The summed E-state index contributed by atoms with van der Waals surface area (Å²) in [5, 5.41) is 3.68. The van der Waals surface area contributed by atoms with Crippen LogP contribution in [-0.2, 0) is 0 Å². The molecule has 1 aliphatic rings. The van der Waals surface area contributed by atoms with Crippen molar-refractivity contribution in [1.29, 1.82) is 0 Å². The van der Waals surface area contributed by atoms with E-state index >= 15 is 0 Å². The molecule has 1 rings (SSSR count). The molecule has 0 heterocycles. The first kappa shape index (κ1) is 15.0. The third-order valence-corrected chi connectivity index (χ3v) is 4.64. The van der Waals surface area contributed by atoms with E-state index < -0.39 is 0 Å². The SMILES string of the molecule is CCC(C)C1CC(C)CCC1CNCC(C)C. The quantitative estimate of drug-likeness (QED) is 0.727. The third kappa shape index (κ3) is 4.99. The van der Waals surface area contributed by atoms with Gasteiger partial charge in [0.15, 0.2) is 0 Å². The maximum absolute atomic E-state index is 3.68. The molecule has 1 fully saturated rings. The second-order valence-electron chi connectivity index (χ2n) is 6.78. The fraction of sp³-hybridized carbons (Fsp3) is 1.00. The molecule has 17 heavy (non-hydrogen) atoms. The molecule has 0 saturated heterocycles. The van der Waals surface area contributed by atoms with Crippen LogP contribution in [0, 0.1) is 29.6 Å². The highest BCUT2D eigenvalue weighted by atomic mass is 14.9. The average molecular weight is 239 g/mol. The highest BCUT2D eigenvalue weighted by Gasteiger charge is 2.31. The summed E-state index contributed by atoms with van der Waals surface area (Å²) in [6, 6.07) is 0. The molecule has 0 aromatic heterocycles. The van der Waals surface area contributed by atoms with Crippen molar-refractivity contribution in [3.05, 3.63) is 0 Å². The van der Waals surface area contributed by atoms with Gasteiger partial charge in [0.25, 0.3) is 0 Å². The predicted molar refractivity (Wildman–Crippen MR) is 77.2 cm³/mol. The van der Waals surface area contributed by atoms with Gasteiger partial charge in [0.1, 0.15) is 0 Å². The van der Waals surface area contributed by atoms with Gasteiger partial charge in [-0.05, 0) is 55.5 Å². The molecule has 0 aliphatic heterocycles. The van der Waals surface area contributed by atoms with Gasteiger partial charge >= 0.3 is 0 Å². The minimum atomic E-state index is 0.777. The van der Waals surface area contributed by atoms with Gasteiger partial charge in [-0.2, -0.15) is 0 Å². The fourth-order valence-corrected chi connectivity index (χ4v) is 3.30. The van der Waals surface area contributed by atoms with Gasteiger partial charge in [0.05, 0.1) is 0 Å². The average Bonchev–Trinajstić information content (AvgIpc) is 2.29. The molecule has 102 valence electrons. The molecular weight excluding hydrogens is 206 g/mol. The Hall–Kier alpha value is -0.0400. The second kappa shape index (κ2) is 7.41. The van der Waals surface area contributed by atoms with Crippen LogP contribution in [0.4, 0.5) is 0 Å². The summed E-state index contributed by atoms with van der Waals surface area (Å²) in [5.41, 5.74) is 0. The van der Waals surface area contributed by atoms with Crippen molar-refractivity contribution in [2.45, 2.75) is 60.3 Å². The zero-order chi connectivity index (χ0) is 12.8. The van der Waals surface area contributed by atoms with Crippen LogP contribution in [0.2, 0.25) is 0 Å². The summed E-state index contributed by atoms with van der Waals surface area (Å²) < 4.78 is 0. The minimum absolute atomic E-state index is 0.777. The standard InChI is InChI=1S/C16H33N/c1-6-14(5)16-9-13(4)7-8-15(16)11-17-10-12(2)3/h12-17H,6-11H2,1-5H3. The number of rotatable bonds is 6. The third-order valence-electron chi connectivity index (χ3n) is 4.64. The van der Waals surface area contributed by atoms with Crippen molar-refractivity contribution in [2.24, 2.45) is 29.6 Å². The van der Waals surface area contributed by atoms with Gasteiger partial charge in [-0.25, -0.2) is 0 Å². The number of nitrogens with one attached hydrogen (secondary N) is 1. The van der Waals surface area contributed by atoms with Crippen LogP contribution in [0.3, 0.4) is 0 Å². The largest absolute Gasteiger partial charge is 0.316 e. The van der Waals surface area contributed by atoms with Gasteiger partial charge in [0.2, 0.25) is 0 Å². The van der Waals surface area contributed by atoms with Crippen LogP contribution < -0.4 is 5.32 Å². The van der Waals surface area contributed by atoms with Crippen LogP contribution in [0.15, 0.2) is 0 Å². The Balaban J connectivity index is 2.43. The first-order valence-electron chi connectivity index (χ1n) is 7.75. The maximum Gasteiger partial charge on any atom is -0.00177 e. The van der Waals surface area contributed by atoms with Crippen LogP contribution >= 0.6 is 0 Å². The molecule has 0 bridgehead atoms. The van der Waals surface area contributed by atoms with E-state index in [0.29, 0.717) is 0 Å².